The summed E-state index contributed by atoms with van der Waals surface area (Å²) in [5.41, 5.74) is 6.81. The molecule has 5 heteroatoms. The maximum Gasteiger partial charge on any atom is 0.340 e. The zero-order valence-electron chi connectivity index (χ0n) is 10.4. The van der Waals surface area contributed by atoms with Gasteiger partial charge in [-0.05, 0) is 30.5 Å². The molecule has 2 N–H and O–H groups in total. The zero-order valence-corrected chi connectivity index (χ0v) is 10.4. The van der Waals surface area contributed by atoms with Crippen LogP contribution in [0.4, 0.5) is 5.69 Å². The van der Waals surface area contributed by atoms with E-state index in [1.807, 2.05) is 12.1 Å². The summed E-state index contributed by atoms with van der Waals surface area (Å²) in [7, 11) is 0. The number of anilines is 1. The van der Waals surface area contributed by atoms with Crippen molar-refractivity contribution in [2.45, 2.75) is 6.92 Å². The number of nitrogen functional groups attached to an aromatic ring is 1. The highest BCUT2D eigenvalue weighted by molar-refractivity contribution is 6.06. The Morgan fingerprint density at radius 3 is 2.79 bits per heavy atom. The molecule has 2 aromatic carbocycles. The number of hydrogen-bond acceptors (Lipinski definition) is 5. The van der Waals surface area contributed by atoms with Crippen molar-refractivity contribution in [1.29, 1.82) is 0 Å². The third-order valence-corrected chi connectivity index (χ3v) is 3.05. The smallest absolute Gasteiger partial charge is 0.340 e. The van der Waals surface area contributed by atoms with Gasteiger partial charge in [-0.25, -0.2) is 4.79 Å². The number of carbonyl (C=O) groups is 1. The average Bonchev–Trinajstić information content (AvgIpc) is 2.84. The third-order valence-electron chi connectivity index (χ3n) is 3.05. The van der Waals surface area contributed by atoms with Gasteiger partial charge in [-0.3, -0.25) is 0 Å². The van der Waals surface area contributed by atoms with E-state index in [1.54, 1.807) is 19.1 Å². The Balaban J connectivity index is 2.16. The molecule has 1 aliphatic rings. The van der Waals surface area contributed by atoms with Crippen molar-refractivity contribution in [3.63, 3.8) is 0 Å². The van der Waals surface area contributed by atoms with Gasteiger partial charge >= 0.3 is 5.97 Å². The summed E-state index contributed by atoms with van der Waals surface area (Å²) in [4.78, 5) is 11.8. The molecule has 5 nitrogen and oxygen atoms in total. The van der Waals surface area contributed by atoms with E-state index < -0.39 is 5.97 Å². The number of rotatable bonds is 2. The van der Waals surface area contributed by atoms with Crippen molar-refractivity contribution in [3.05, 3.63) is 29.8 Å². The lowest BCUT2D eigenvalue weighted by molar-refractivity contribution is 0.0528. The van der Waals surface area contributed by atoms with Gasteiger partial charge in [0.2, 0.25) is 6.79 Å². The van der Waals surface area contributed by atoms with E-state index in [9.17, 15) is 4.79 Å². The molecule has 0 bridgehead atoms. The summed E-state index contributed by atoms with van der Waals surface area (Å²) in [6.45, 7) is 2.28. The summed E-state index contributed by atoms with van der Waals surface area (Å²) in [6, 6.07) is 7.12. The monoisotopic (exact) mass is 259 g/mol. The van der Waals surface area contributed by atoms with Gasteiger partial charge in [-0.2, -0.15) is 0 Å². The first-order chi connectivity index (χ1) is 9.20. The Morgan fingerprint density at radius 1 is 1.32 bits per heavy atom. The highest BCUT2D eigenvalue weighted by Gasteiger charge is 2.18. The fourth-order valence-corrected chi connectivity index (χ4v) is 2.12. The summed E-state index contributed by atoms with van der Waals surface area (Å²) >= 11 is 0. The molecule has 0 fully saturated rings. The van der Waals surface area contributed by atoms with Gasteiger partial charge in [-0.15, -0.1) is 0 Å². The molecule has 0 spiro atoms. The van der Waals surface area contributed by atoms with Gasteiger partial charge in [0.1, 0.15) is 0 Å². The molecule has 0 unspecified atom stereocenters. The molecule has 19 heavy (non-hydrogen) atoms. The maximum absolute atomic E-state index is 11.8. The van der Waals surface area contributed by atoms with E-state index in [0.29, 0.717) is 29.4 Å². The van der Waals surface area contributed by atoms with Crippen LogP contribution in [-0.4, -0.2) is 19.4 Å². The van der Waals surface area contributed by atoms with Gasteiger partial charge in [0.15, 0.2) is 11.5 Å². The van der Waals surface area contributed by atoms with E-state index >= 15 is 0 Å². The first-order valence-electron chi connectivity index (χ1n) is 5.99. The number of hydrogen-bond donors (Lipinski definition) is 1. The number of benzene rings is 2. The fraction of sp³-hybridized carbons (Fsp3) is 0.214. The van der Waals surface area contributed by atoms with Crippen molar-refractivity contribution in [3.8, 4) is 11.5 Å². The topological polar surface area (TPSA) is 70.8 Å². The molecule has 1 aliphatic heterocycles. The van der Waals surface area contributed by atoms with Gasteiger partial charge in [0.05, 0.1) is 17.9 Å². The van der Waals surface area contributed by atoms with Crippen LogP contribution >= 0.6 is 0 Å². The number of nitrogens with two attached hydrogens (primary N) is 1. The Hall–Kier alpha value is -2.43. The SMILES string of the molecule is CCOC(=O)c1ccc2cc3c(cc2c1N)OCO3. The van der Waals surface area contributed by atoms with Crippen LogP contribution < -0.4 is 15.2 Å². The first kappa shape index (κ1) is 11.6. The minimum atomic E-state index is -0.417. The molecule has 0 aromatic heterocycles. The van der Waals surface area contributed by atoms with E-state index in [4.69, 9.17) is 19.9 Å². The van der Waals surface area contributed by atoms with Gasteiger partial charge in [0.25, 0.3) is 0 Å². The molecule has 0 saturated heterocycles. The van der Waals surface area contributed by atoms with E-state index in [0.717, 1.165) is 10.8 Å². The lowest BCUT2D eigenvalue weighted by Gasteiger charge is -2.09. The predicted octanol–water partition coefficient (Wildman–Crippen LogP) is 2.33. The van der Waals surface area contributed by atoms with Crippen molar-refractivity contribution < 1.29 is 19.0 Å². The quantitative estimate of drug-likeness (QED) is 0.662. The Bertz CT molecular complexity index is 666. The first-order valence-corrected chi connectivity index (χ1v) is 5.99. The highest BCUT2D eigenvalue weighted by Crippen LogP contribution is 2.38. The average molecular weight is 259 g/mol. The summed E-state index contributed by atoms with van der Waals surface area (Å²) in [5.74, 6) is 0.913. The van der Waals surface area contributed by atoms with Crippen molar-refractivity contribution >= 4 is 22.4 Å². The van der Waals surface area contributed by atoms with E-state index in [2.05, 4.69) is 0 Å². The molecule has 0 amide bonds. The molecule has 2 aromatic rings. The largest absolute Gasteiger partial charge is 0.462 e. The van der Waals surface area contributed by atoms with Gasteiger partial charge < -0.3 is 19.9 Å². The second-order valence-electron chi connectivity index (χ2n) is 4.17. The van der Waals surface area contributed by atoms with E-state index in [1.165, 1.54) is 0 Å². The van der Waals surface area contributed by atoms with Crippen LogP contribution in [0.5, 0.6) is 11.5 Å². The lowest BCUT2D eigenvalue weighted by Crippen LogP contribution is -2.08. The van der Waals surface area contributed by atoms with Crippen LogP contribution in [0.15, 0.2) is 24.3 Å². The highest BCUT2D eigenvalue weighted by atomic mass is 16.7. The second-order valence-corrected chi connectivity index (χ2v) is 4.17. The number of carbonyl (C=O) groups excluding carboxylic acids is 1. The standard InChI is InChI=1S/C14H13NO4/c1-2-17-14(16)9-4-3-8-5-11-12(19-7-18-11)6-10(8)13(9)15/h3-6H,2,7,15H2,1H3. The van der Waals surface area contributed by atoms with Crippen molar-refractivity contribution in [1.82, 2.24) is 0 Å². The van der Waals surface area contributed by atoms with E-state index in [-0.39, 0.29) is 6.79 Å². The third kappa shape index (κ3) is 1.83. The van der Waals surface area contributed by atoms with Gasteiger partial charge in [-0.1, -0.05) is 6.07 Å². The molecule has 0 aliphatic carbocycles. The molecule has 0 radical (unpaired) electrons. The lowest BCUT2D eigenvalue weighted by atomic mass is 10.0. The molecule has 1 heterocycles. The Labute approximate surface area is 109 Å². The Morgan fingerprint density at radius 2 is 2.05 bits per heavy atom. The summed E-state index contributed by atoms with van der Waals surface area (Å²) in [5, 5.41) is 1.66. The van der Waals surface area contributed by atoms with Crippen molar-refractivity contribution in [2.75, 3.05) is 19.1 Å². The molecular weight excluding hydrogens is 246 g/mol. The predicted molar refractivity (Wildman–Crippen MR) is 70.4 cm³/mol. The number of fused-ring (bicyclic) bond motifs is 2. The maximum atomic E-state index is 11.8. The fourth-order valence-electron chi connectivity index (χ4n) is 2.12. The molecule has 98 valence electrons. The van der Waals surface area contributed by atoms with Crippen LogP contribution in [0.2, 0.25) is 0 Å². The summed E-state index contributed by atoms with van der Waals surface area (Å²) in [6.07, 6.45) is 0. The number of ether oxygens (including phenoxy) is 3. The number of esters is 1. The van der Waals surface area contributed by atoms with Crippen molar-refractivity contribution in [2.24, 2.45) is 0 Å². The molecule has 0 saturated carbocycles. The minimum absolute atomic E-state index is 0.205. The molecular formula is C14H13NO4. The van der Waals surface area contributed by atoms with Crippen LogP contribution in [0.25, 0.3) is 10.8 Å². The zero-order chi connectivity index (χ0) is 13.4. The summed E-state index contributed by atoms with van der Waals surface area (Å²) < 4.78 is 15.6. The molecule has 3 rings (SSSR count). The minimum Gasteiger partial charge on any atom is -0.462 e. The Kier molecular flexibility index (Phi) is 2.67. The van der Waals surface area contributed by atoms with Crippen LogP contribution in [0.3, 0.4) is 0 Å². The van der Waals surface area contributed by atoms with Crippen LogP contribution in [-0.2, 0) is 4.74 Å². The normalized spacial score (nSPS) is 12.7. The second kappa shape index (κ2) is 4.35. The van der Waals surface area contributed by atoms with Crippen LogP contribution in [0.1, 0.15) is 17.3 Å². The molecule has 0 atom stereocenters. The van der Waals surface area contributed by atoms with Crippen LogP contribution in [0, 0.1) is 0 Å². The van der Waals surface area contributed by atoms with Gasteiger partial charge in [0, 0.05) is 5.39 Å².